The molecule has 0 unspecified atom stereocenters. The maximum atomic E-state index is 11.9. The lowest BCUT2D eigenvalue weighted by molar-refractivity contribution is -0.107. The molecule has 0 radical (unpaired) electrons. The van der Waals surface area contributed by atoms with Crippen LogP contribution in [0.1, 0.15) is 12.5 Å². The minimum absolute atomic E-state index is 0.0289. The van der Waals surface area contributed by atoms with E-state index in [0.717, 1.165) is 15.7 Å². The lowest BCUT2D eigenvalue weighted by atomic mass is 10.1. The average molecular weight is 309 g/mol. The molecule has 6 heteroatoms. The zero-order valence-corrected chi connectivity index (χ0v) is 13.1. The van der Waals surface area contributed by atoms with Gasteiger partial charge in [0.05, 0.1) is 14.2 Å². The molecule has 0 atom stereocenters. The SMILES string of the molecule is CCSC1=N/C(=C/c2ccc(OC)cc2OC)C(=O)S1. The Hall–Kier alpha value is -1.40. The van der Waals surface area contributed by atoms with Gasteiger partial charge in [-0.3, -0.25) is 4.79 Å². The highest BCUT2D eigenvalue weighted by Crippen LogP contribution is 2.33. The number of ether oxygens (including phenoxy) is 2. The summed E-state index contributed by atoms with van der Waals surface area (Å²) >= 11 is 2.75. The molecule has 1 aliphatic heterocycles. The van der Waals surface area contributed by atoms with Crippen LogP contribution in [0.15, 0.2) is 28.9 Å². The van der Waals surface area contributed by atoms with E-state index in [2.05, 4.69) is 4.99 Å². The maximum absolute atomic E-state index is 11.9. The summed E-state index contributed by atoms with van der Waals surface area (Å²) in [6, 6.07) is 5.46. The van der Waals surface area contributed by atoms with Crippen molar-refractivity contribution < 1.29 is 14.3 Å². The molecule has 1 heterocycles. The van der Waals surface area contributed by atoms with Gasteiger partial charge in [-0.2, -0.15) is 0 Å². The number of carbonyl (C=O) groups is 1. The number of aliphatic imine (C=N–C) groups is 1. The molecule has 4 nitrogen and oxygen atoms in total. The van der Waals surface area contributed by atoms with Gasteiger partial charge < -0.3 is 9.47 Å². The Bertz CT molecular complexity index is 582. The number of carbonyl (C=O) groups excluding carboxylic acids is 1. The van der Waals surface area contributed by atoms with Crippen molar-refractivity contribution in [2.45, 2.75) is 6.92 Å². The fourth-order valence-corrected chi connectivity index (χ4v) is 3.40. The van der Waals surface area contributed by atoms with E-state index in [-0.39, 0.29) is 5.12 Å². The highest BCUT2D eigenvalue weighted by Gasteiger charge is 2.22. The summed E-state index contributed by atoms with van der Waals surface area (Å²) in [6.07, 6.45) is 1.75. The minimum atomic E-state index is -0.0289. The van der Waals surface area contributed by atoms with Crippen LogP contribution in [-0.4, -0.2) is 29.5 Å². The molecule has 20 heavy (non-hydrogen) atoms. The lowest BCUT2D eigenvalue weighted by Crippen LogP contribution is -1.92. The van der Waals surface area contributed by atoms with E-state index in [9.17, 15) is 4.79 Å². The van der Waals surface area contributed by atoms with Gasteiger partial charge in [0.25, 0.3) is 0 Å². The van der Waals surface area contributed by atoms with Gasteiger partial charge in [-0.25, -0.2) is 4.99 Å². The standard InChI is InChI=1S/C14H15NO3S2/c1-4-19-14-15-11(13(16)20-14)7-9-5-6-10(17-2)8-12(9)18-3/h5-8H,4H2,1-3H3/b11-7+. The van der Waals surface area contributed by atoms with Crippen molar-refractivity contribution in [1.29, 1.82) is 0 Å². The van der Waals surface area contributed by atoms with Crippen molar-refractivity contribution >= 4 is 39.1 Å². The van der Waals surface area contributed by atoms with Gasteiger partial charge in [0, 0.05) is 11.6 Å². The smallest absolute Gasteiger partial charge is 0.244 e. The molecule has 0 aliphatic carbocycles. The zero-order valence-electron chi connectivity index (χ0n) is 11.5. The molecular formula is C14H15NO3S2. The first kappa shape index (κ1) is 15.0. The van der Waals surface area contributed by atoms with Crippen LogP contribution < -0.4 is 9.47 Å². The number of hydrogen-bond donors (Lipinski definition) is 0. The third kappa shape index (κ3) is 3.37. The van der Waals surface area contributed by atoms with E-state index in [1.165, 1.54) is 11.8 Å². The summed E-state index contributed by atoms with van der Waals surface area (Å²) in [7, 11) is 3.19. The largest absolute Gasteiger partial charge is 0.497 e. The zero-order chi connectivity index (χ0) is 14.5. The predicted molar refractivity (Wildman–Crippen MR) is 85.7 cm³/mol. The number of nitrogens with zero attached hydrogens (tertiary/aromatic N) is 1. The number of hydrogen-bond acceptors (Lipinski definition) is 6. The van der Waals surface area contributed by atoms with E-state index in [1.807, 2.05) is 19.1 Å². The maximum Gasteiger partial charge on any atom is 0.244 e. The molecule has 0 spiro atoms. The molecule has 1 aromatic carbocycles. The molecule has 2 rings (SSSR count). The van der Waals surface area contributed by atoms with Crippen LogP contribution in [0.5, 0.6) is 11.5 Å². The van der Waals surface area contributed by atoms with Crippen molar-refractivity contribution in [1.82, 2.24) is 0 Å². The first-order valence-corrected chi connectivity index (χ1v) is 7.85. The van der Waals surface area contributed by atoms with Gasteiger partial charge in [-0.1, -0.05) is 18.7 Å². The summed E-state index contributed by atoms with van der Waals surface area (Å²) in [5.41, 5.74) is 1.26. The second-order valence-electron chi connectivity index (χ2n) is 3.84. The first-order chi connectivity index (χ1) is 9.67. The van der Waals surface area contributed by atoms with E-state index in [1.54, 1.807) is 38.1 Å². The van der Waals surface area contributed by atoms with Gasteiger partial charge in [-0.05, 0) is 35.7 Å². The Labute approximate surface area is 126 Å². The Balaban J connectivity index is 2.33. The molecule has 0 saturated carbocycles. The summed E-state index contributed by atoms with van der Waals surface area (Å²) in [4.78, 5) is 16.2. The first-order valence-electron chi connectivity index (χ1n) is 6.05. The molecule has 0 aromatic heterocycles. The highest BCUT2D eigenvalue weighted by molar-refractivity contribution is 8.45. The number of thioether (sulfide) groups is 2. The number of methoxy groups -OCH3 is 2. The average Bonchev–Trinajstić information content (AvgIpc) is 2.79. The molecular weight excluding hydrogens is 294 g/mol. The molecule has 1 aromatic rings. The third-order valence-corrected chi connectivity index (χ3v) is 4.49. The van der Waals surface area contributed by atoms with E-state index in [4.69, 9.17) is 9.47 Å². The van der Waals surface area contributed by atoms with Crippen molar-refractivity contribution in [2.24, 2.45) is 4.99 Å². The van der Waals surface area contributed by atoms with Gasteiger partial charge in [-0.15, -0.1) is 0 Å². The summed E-state index contributed by atoms with van der Waals surface area (Å²) in [5, 5.41) is -0.0289. The van der Waals surface area contributed by atoms with Crippen molar-refractivity contribution in [3.8, 4) is 11.5 Å². The van der Waals surface area contributed by atoms with Crippen LogP contribution >= 0.6 is 23.5 Å². The van der Waals surface area contributed by atoms with Crippen LogP contribution in [0.4, 0.5) is 0 Å². The Morgan fingerprint density at radius 2 is 2.15 bits per heavy atom. The normalized spacial score (nSPS) is 16.4. The van der Waals surface area contributed by atoms with Crippen molar-refractivity contribution in [2.75, 3.05) is 20.0 Å². The number of rotatable bonds is 4. The molecule has 0 bridgehead atoms. The summed E-state index contributed by atoms with van der Waals surface area (Å²) in [6.45, 7) is 2.03. The van der Waals surface area contributed by atoms with E-state index >= 15 is 0 Å². The second-order valence-corrected chi connectivity index (χ2v) is 6.31. The monoisotopic (exact) mass is 309 g/mol. The van der Waals surface area contributed by atoms with Crippen LogP contribution in [0.2, 0.25) is 0 Å². The summed E-state index contributed by atoms with van der Waals surface area (Å²) in [5.74, 6) is 2.27. The third-order valence-electron chi connectivity index (χ3n) is 2.60. The van der Waals surface area contributed by atoms with Gasteiger partial charge >= 0.3 is 0 Å². The Kier molecular flexibility index (Phi) is 5.14. The van der Waals surface area contributed by atoms with Gasteiger partial charge in [0.2, 0.25) is 5.12 Å². The minimum Gasteiger partial charge on any atom is -0.497 e. The molecule has 1 aliphatic rings. The van der Waals surface area contributed by atoms with Crippen LogP contribution in [-0.2, 0) is 4.79 Å². The molecule has 106 valence electrons. The summed E-state index contributed by atoms with van der Waals surface area (Å²) < 4.78 is 11.3. The quantitative estimate of drug-likeness (QED) is 0.798. The Morgan fingerprint density at radius 3 is 2.80 bits per heavy atom. The second kappa shape index (κ2) is 6.85. The van der Waals surface area contributed by atoms with E-state index in [0.29, 0.717) is 17.2 Å². The number of benzene rings is 1. The Morgan fingerprint density at radius 1 is 1.35 bits per heavy atom. The van der Waals surface area contributed by atoms with Crippen molar-refractivity contribution in [3.05, 3.63) is 29.5 Å². The van der Waals surface area contributed by atoms with Gasteiger partial charge in [0.1, 0.15) is 21.6 Å². The predicted octanol–water partition coefficient (Wildman–Crippen LogP) is 3.43. The fourth-order valence-electron chi connectivity index (χ4n) is 1.66. The van der Waals surface area contributed by atoms with Crippen molar-refractivity contribution in [3.63, 3.8) is 0 Å². The molecule has 0 amide bonds. The van der Waals surface area contributed by atoms with Gasteiger partial charge in [0.15, 0.2) is 0 Å². The van der Waals surface area contributed by atoms with Crippen LogP contribution in [0.3, 0.4) is 0 Å². The fraction of sp³-hybridized carbons (Fsp3) is 0.286. The molecule has 0 saturated heterocycles. The molecule has 0 N–H and O–H groups in total. The lowest BCUT2D eigenvalue weighted by Gasteiger charge is -2.07. The van der Waals surface area contributed by atoms with Crippen LogP contribution in [0, 0.1) is 0 Å². The topological polar surface area (TPSA) is 47.9 Å². The van der Waals surface area contributed by atoms with Crippen LogP contribution in [0.25, 0.3) is 6.08 Å². The molecule has 0 fully saturated rings. The highest BCUT2D eigenvalue weighted by atomic mass is 32.2. The van der Waals surface area contributed by atoms with E-state index < -0.39 is 0 Å².